The largest absolute Gasteiger partial charge is 0.480 e. The number of carbonyl (C=O) groups excluding carboxylic acids is 1. The third kappa shape index (κ3) is 4.32. The number of amides is 1. The summed E-state index contributed by atoms with van der Waals surface area (Å²) in [5, 5.41) is 35.5. The Bertz CT molecular complexity index is 854. The number of nitrogens with zero attached hydrogens (tertiary/aromatic N) is 1. The summed E-state index contributed by atoms with van der Waals surface area (Å²) >= 11 is 0. The van der Waals surface area contributed by atoms with Crippen molar-refractivity contribution in [3.05, 3.63) is 11.6 Å². The molecule has 184 valence electrons. The maximum absolute atomic E-state index is 12.0. The molecule has 1 amide bonds. The fourth-order valence-electron chi connectivity index (χ4n) is 7.39. The van der Waals surface area contributed by atoms with E-state index in [1.807, 2.05) is 0 Å². The molecule has 4 aliphatic rings. The first-order chi connectivity index (χ1) is 15.6. The van der Waals surface area contributed by atoms with Gasteiger partial charge in [-0.05, 0) is 93.0 Å². The van der Waals surface area contributed by atoms with Crippen molar-refractivity contribution in [2.75, 3.05) is 6.61 Å². The quantitative estimate of drug-likeness (QED) is 0.449. The number of hydrogen-bond acceptors (Lipinski definition) is 6. The van der Waals surface area contributed by atoms with Gasteiger partial charge in [0.2, 0.25) is 0 Å². The zero-order valence-corrected chi connectivity index (χ0v) is 19.9. The van der Waals surface area contributed by atoms with Crippen LogP contribution in [0.3, 0.4) is 0 Å². The summed E-state index contributed by atoms with van der Waals surface area (Å²) in [7, 11) is 0. The second-order valence-electron chi connectivity index (χ2n) is 11.1. The van der Waals surface area contributed by atoms with Gasteiger partial charge in [0.1, 0.15) is 0 Å². The van der Waals surface area contributed by atoms with Crippen LogP contribution in [-0.4, -0.2) is 57.8 Å². The van der Waals surface area contributed by atoms with Gasteiger partial charge in [-0.1, -0.05) is 24.6 Å². The van der Waals surface area contributed by atoms with Gasteiger partial charge in [-0.2, -0.15) is 0 Å². The molecule has 33 heavy (non-hydrogen) atoms. The molecule has 4 rings (SSSR count). The van der Waals surface area contributed by atoms with Crippen molar-refractivity contribution in [3.63, 3.8) is 0 Å². The van der Waals surface area contributed by atoms with Crippen LogP contribution in [0.4, 0.5) is 0 Å². The third-order valence-corrected chi connectivity index (χ3v) is 9.37. The number of allylic oxidation sites excluding steroid dienone is 2. The maximum Gasteiger partial charge on any atom is 0.328 e. The van der Waals surface area contributed by atoms with Gasteiger partial charge in [0.05, 0.1) is 17.9 Å². The Morgan fingerprint density at radius 2 is 1.94 bits per heavy atom. The Morgan fingerprint density at radius 3 is 2.64 bits per heavy atom. The third-order valence-electron chi connectivity index (χ3n) is 9.37. The maximum atomic E-state index is 12.0. The highest BCUT2D eigenvalue weighted by Gasteiger charge is 2.58. The van der Waals surface area contributed by atoms with Crippen molar-refractivity contribution >= 4 is 17.6 Å². The van der Waals surface area contributed by atoms with Crippen LogP contribution in [0.1, 0.15) is 72.1 Å². The minimum atomic E-state index is -1.38. The van der Waals surface area contributed by atoms with Crippen molar-refractivity contribution in [1.29, 1.82) is 0 Å². The summed E-state index contributed by atoms with van der Waals surface area (Å²) < 4.78 is 0. The van der Waals surface area contributed by atoms with E-state index in [0.717, 1.165) is 50.7 Å². The lowest BCUT2D eigenvalue weighted by Crippen LogP contribution is -2.51. The van der Waals surface area contributed by atoms with E-state index in [2.05, 4.69) is 30.4 Å². The minimum Gasteiger partial charge on any atom is -0.480 e. The number of oxime groups is 1. The van der Waals surface area contributed by atoms with Gasteiger partial charge in [0, 0.05) is 0 Å². The van der Waals surface area contributed by atoms with E-state index in [1.165, 1.54) is 18.9 Å². The highest BCUT2D eigenvalue weighted by atomic mass is 16.6. The molecule has 0 spiro atoms. The van der Waals surface area contributed by atoms with Crippen molar-refractivity contribution < 1.29 is 29.7 Å². The SMILES string of the molecule is C[C@H](O)[C@@H](NC(=O)CO/N=C1/C=C2CC[C@H]3[C@@H]4CC[C@H](O)[C@@]4(C)CC[C@@H]3[C@@]2(C)CC1)C(=O)O. The smallest absolute Gasteiger partial charge is 0.328 e. The first kappa shape index (κ1) is 24.2. The molecule has 0 unspecified atom stereocenters. The zero-order valence-electron chi connectivity index (χ0n) is 19.9. The average Bonchev–Trinajstić information content (AvgIpc) is 3.06. The van der Waals surface area contributed by atoms with E-state index < -0.39 is 30.6 Å². The van der Waals surface area contributed by atoms with Gasteiger partial charge < -0.3 is 25.5 Å². The average molecular weight is 463 g/mol. The fraction of sp³-hybridized carbons (Fsp3) is 0.800. The second kappa shape index (κ2) is 9.02. The molecule has 4 N–H and O–H groups in total. The first-order valence-corrected chi connectivity index (χ1v) is 12.3. The Kier molecular flexibility index (Phi) is 6.62. The van der Waals surface area contributed by atoms with Gasteiger partial charge >= 0.3 is 5.97 Å². The molecule has 0 aromatic carbocycles. The lowest BCUT2D eigenvalue weighted by molar-refractivity contribution is -0.145. The Labute approximate surface area is 195 Å². The molecule has 0 heterocycles. The number of aliphatic hydroxyl groups excluding tert-OH is 2. The number of hydrogen-bond donors (Lipinski definition) is 4. The molecule has 0 bridgehead atoms. The molecule has 4 aliphatic carbocycles. The first-order valence-electron chi connectivity index (χ1n) is 12.3. The standard InChI is InChI=1S/C25H38N2O6/c1-14(28)22(23(31)32)26-21(30)13-33-27-16-8-10-24(2)15(12-16)4-5-17-18-6-7-20(29)25(18,3)11-9-19(17)24/h12,14,17-20,22,28-29H,4-11,13H2,1-3H3,(H,26,30)(H,31,32)/b27-16+/t14-,17-,18-,19-,20-,22+,24-,25-/m0/s1. The number of fused-ring (bicyclic) bond motifs is 5. The molecule has 8 nitrogen and oxygen atoms in total. The minimum absolute atomic E-state index is 0.0852. The summed E-state index contributed by atoms with van der Waals surface area (Å²) in [6.07, 6.45) is 9.11. The molecule has 0 aromatic heterocycles. The van der Waals surface area contributed by atoms with Gasteiger partial charge in [-0.25, -0.2) is 4.79 Å². The zero-order chi connectivity index (χ0) is 24.0. The molecule has 8 atom stereocenters. The number of carboxylic acid groups (broad SMARTS) is 1. The number of carbonyl (C=O) groups is 2. The van der Waals surface area contributed by atoms with Gasteiger partial charge in [0.25, 0.3) is 5.91 Å². The monoisotopic (exact) mass is 462 g/mol. The van der Waals surface area contributed by atoms with Crippen LogP contribution in [0.15, 0.2) is 16.8 Å². The molecule has 0 saturated heterocycles. The van der Waals surface area contributed by atoms with Crippen LogP contribution in [0.2, 0.25) is 0 Å². The Morgan fingerprint density at radius 1 is 1.18 bits per heavy atom. The van der Waals surface area contributed by atoms with E-state index in [4.69, 9.17) is 9.94 Å². The molecule has 3 fully saturated rings. The predicted molar refractivity (Wildman–Crippen MR) is 122 cm³/mol. The van der Waals surface area contributed by atoms with Gasteiger partial charge in [0.15, 0.2) is 12.6 Å². The summed E-state index contributed by atoms with van der Waals surface area (Å²) in [5.41, 5.74) is 2.47. The number of nitrogens with one attached hydrogen (secondary N) is 1. The van der Waals surface area contributed by atoms with E-state index in [9.17, 15) is 19.8 Å². The van der Waals surface area contributed by atoms with E-state index in [1.54, 1.807) is 0 Å². The van der Waals surface area contributed by atoms with E-state index >= 15 is 0 Å². The number of carboxylic acids is 1. The normalized spacial score (nSPS) is 40.6. The summed E-state index contributed by atoms with van der Waals surface area (Å²) in [4.78, 5) is 28.3. The number of aliphatic carboxylic acids is 1. The highest BCUT2D eigenvalue weighted by Crippen LogP contribution is 2.65. The second-order valence-corrected chi connectivity index (χ2v) is 11.1. The van der Waals surface area contributed by atoms with Crippen molar-refractivity contribution in [2.24, 2.45) is 33.7 Å². The van der Waals surface area contributed by atoms with Crippen molar-refractivity contribution in [3.8, 4) is 0 Å². The van der Waals surface area contributed by atoms with Crippen LogP contribution < -0.4 is 5.32 Å². The summed E-state index contributed by atoms with van der Waals surface area (Å²) in [5.74, 6) is 0.00935. The lowest BCUT2D eigenvalue weighted by Gasteiger charge is -2.57. The topological polar surface area (TPSA) is 128 Å². The fourth-order valence-corrected chi connectivity index (χ4v) is 7.39. The lowest BCUT2D eigenvalue weighted by atomic mass is 9.47. The molecule has 3 saturated carbocycles. The molecule has 0 aliphatic heterocycles. The Balaban J connectivity index is 1.39. The molecule has 0 radical (unpaired) electrons. The van der Waals surface area contributed by atoms with Crippen LogP contribution >= 0.6 is 0 Å². The molecule has 0 aromatic rings. The van der Waals surface area contributed by atoms with Crippen LogP contribution in [-0.2, 0) is 14.4 Å². The molecular formula is C25H38N2O6. The van der Waals surface area contributed by atoms with Crippen molar-refractivity contribution in [2.45, 2.75) is 90.4 Å². The van der Waals surface area contributed by atoms with Crippen LogP contribution in [0.5, 0.6) is 0 Å². The van der Waals surface area contributed by atoms with Gasteiger partial charge in [-0.15, -0.1) is 0 Å². The van der Waals surface area contributed by atoms with Crippen LogP contribution in [0, 0.1) is 28.6 Å². The highest BCUT2D eigenvalue weighted by molar-refractivity contribution is 5.96. The summed E-state index contributed by atoms with van der Waals surface area (Å²) in [6.45, 7) is 5.62. The molecule has 8 heteroatoms. The van der Waals surface area contributed by atoms with Crippen molar-refractivity contribution in [1.82, 2.24) is 5.32 Å². The van der Waals surface area contributed by atoms with E-state index in [-0.39, 0.29) is 16.9 Å². The number of aliphatic hydroxyl groups is 2. The van der Waals surface area contributed by atoms with E-state index in [0.29, 0.717) is 17.8 Å². The van der Waals surface area contributed by atoms with Crippen LogP contribution in [0.25, 0.3) is 0 Å². The Hall–Kier alpha value is -1.93. The summed E-state index contributed by atoms with van der Waals surface area (Å²) in [6, 6.07) is -1.38. The number of rotatable bonds is 6. The molecular weight excluding hydrogens is 424 g/mol. The van der Waals surface area contributed by atoms with Gasteiger partial charge in [-0.3, -0.25) is 4.79 Å². The predicted octanol–water partition coefficient (Wildman–Crippen LogP) is 2.63.